The van der Waals surface area contributed by atoms with E-state index in [9.17, 15) is 18.0 Å². The second-order valence-electron chi connectivity index (χ2n) is 4.96. The zero-order chi connectivity index (χ0) is 17.7. The van der Waals surface area contributed by atoms with Crippen molar-refractivity contribution in [3.05, 3.63) is 59.7 Å². The quantitative estimate of drug-likeness (QED) is 0.920. The SMILES string of the molecule is C[C@@H](Oc1ccc(C#N)cc1)C(=O)Nc1cccc(C(F)(F)F)c1. The van der Waals surface area contributed by atoms with Gasteiger partial charge in [0, 0.05) is 5.69 Å². The number of halogens is 3. The van der Waals surface area contributed by atoms with Crippen LogP contribution in [0.5, 0.6) is 5.75 Å². The van der Waals surface area contributed by atoms with E-state index in [1.807, 2.05) is 6.07 Å². The standard InChI is InChI=1S/C17H13F3N2O2/c1-11(24-15-7-5-12(10-21)6-8-15)16(23)22-14-4-2-3-13(9-14)17(18,19)20/h2-9,11H,1H3,(H,22,23)/t11-/m1/s1. The molecule has 0 fully saturated rings. The molecule has 0 unspecified atom stereocenters. The van der Waals surface area contributed by atoms with E-state index < -0.39 is 23.8 Å². The van der Waals surface area contributed by atoms with Crippen molar-refractivity contribution in [3.8, 4) is 11.8 Å². The van der Waals surface area contributed by atoms with Crippen molar-refractivity contribution in [3.63, 3.8) is 0 Å². The first-order valence-electron chi connectivity index (χ1n) is 6.94. The maximum absolute atomic E-state index is 12.7. The predicted octanol–water partition coefficient (Wildman–Crippen LogP) is 3.98. The summed E-state index contributed by atoms with van der Waals surface area (Å²) in [5.74, 6) is -0.209. The Balaban J connectivity index is 2.02. The molecule has 0 aliphatic heterocycles. The first kappa shape index (κ1) is 17.3. The van der Waals surface area contributed by atoms with Crippen molar-refractivity contribution in [2.45, 2.75) is 19.2 Å². The van der Waals surface area contributed by atoms with Crippen LogP contribution in [0.1, 0.15) is 18.1 Å². The van der Waals surface area contributed by atoms with Gasteiger partial charge in [0.15, 0.2) is 6.10 Å². The Morgan fingerprint density at radius 1 is 1.21 bits per heavy atom. The highest BCUT2D eigenvalue weighted by Crippen LogP contribution is 2.30. The van der Waals surface area contributed by atoms with E-state index in [0.717, 1.165) is 12.1 Å². The Bertz CT molecular complexity index is 765. The van der Waals surface area contributed by atoms with Crippen molar-refractivity contribution >= 4 is 11.6 Å². The van der Waals surface area contributed by atoms with E-state index in [0.29, 0.717) is 11.3 Å². The second kappa shape index (κ2) is 7.04. The minimum atomic E-state index is -4.48. The maximum Gasteiger partial charge on any atom is 0.416 e. The average Bonchev–Trinajstić information content (AvgIpc) is 2.55. The Labute approximate surface area is 136 Å². The lowest BCUT2D eigenvalue weighted by Crippen LogP contribution is -2.30. The molecule has 2 aromatic carbocycles. The van der Waals surface area contributed by atoms with Crippen LogP contribution in [0.4, 0.5) is 18.9 Å². The predicted molar refractivity (Wildman–Crippen MR) is 81.3 cm³/mol. The van der Waals surface area contributed by atoms with E-state index in [4.69, 9.17) is 10.00 Å². The van der Waals surface area contributed by atoms with E-state index in [1.54, 1.807) is 0 Å². The number of ether oxygens (including phenoxy) is 1. The van der Waals surface area contributed by atoms with Gasteiger partial charge in [-0.3, -0.25) is 4.79 Å². The number of rotatable bonds is 4. The summed E-state index contributed by atoms with van der Waals surface area (Å²) in [4.78, 5) is 12.0. The van der Waals surface area contributed by atoms with Gasteiger partial charge in [0.05, 0.1) is 17.2 Å². The van der Waals surface area contributed by atoms with Gasteiger partial charge in [0.25, 0.3) is 5.91 Å². The number of carbonyl (C=O) groups is 1. The van der Waals surface area contributed by atoms with Crippen LogP contribution in [0.25, 0.3) is 0 Å². The number of nitriles is 1. The number of benzene rings is 2. The van der Waals surface area contributed by atoms with Gasteiger partial charge in [-0.25, -0.2) is 0 Å². The summed E-state index contributed by atoms with van der Waals surface area (Å²) in [7, 11) is 0. The van der Waals surface area contributed by atoms with E-state index >= 15 is 0 Å². The summed E-state index contributed by atoms with van der Waals surface area (Å²) >= 11 is 0. The molecule has 0 saturated carbocycles. The van der Waals surface area contributed by atoms with Crippen LogP contribution in [0.15, 0.2) is 48.5 Å². The van der Waals surface area contributed by atoms with Gasteiger partial charge in [-0.2, -0.15) is 18.4 Å². The minimum absolute atomic E-state index is 0.0325. The molecule has 24 heavy (non-hydrogen) atoms. The molecule has 1 atom stereocenters. The van der Waals surface area contributed by atoms with Crippen molar-refractivity contribution in [1.29, 1.82) is 5.26 Å². The van der Waals surface area contributed by atoms with Gasteiger partial charge in [-0.15, -0.1) is 0 Å². The van der Waals surface area contributed by atoms with E-state index in [1.165, 1.54) is 43.3 Å². The highest BCUT2D eigenvalue weighted by molar-refractivity contribution is 5.94. The normalized spacial score (nSPS) is 12.1. The van der Waals surface area contributed by atoms with Gasteiger partial charge in [0.2, 0.25) is 0 Å². The van der Waals surface area contributed by atoms with Crippen molar-refractivity contribution in [1.82, 2.24) is 0 Å². The molecule has 2 aromatic rings. The van der Waals surface area contributed by atoms with Crippen molar-refractivity contribution < 1.29 is 22.7 Å². The van der Waals surface area contributed by atoms with Gasteiger partial charge in [-0.05, 0) is 49.4 Å². The molecule has 7 heteroatoms. The molecule has 1 amide bonds. The number of hydrogen-bond donors (Lipinski definition) is 1. The molecule has 1 N–H and O–H groups in total. The Hall–Kier alpha value is -3.01. The third-order valence-electron chi connectivity index (χ3n) is 3.12. The average molecular weight is 334 g/mol. The van der Waals surface area contributed by atoms with Gasteiger partial charge >= 0.3 is 6.18 Å². The number of amides is 1. The number of carbonyl (C=O) groups excluding carboxylic acids is 1. The third-order valence-corrected chi connectivity index (χ3v) is 3.12. The molecule has 0 bridgehead atoms. The number of anilines is 1. The van der Waals surface area contributed by atoms with Gasteiger partial charge < -0.3 is 10.1 Å². The van der Waals surface area contributed by atoms with E-state index in [2.05, 4.69) is 5.32 Å². The summed E-state index contributed by atoms with van der Waals surface area (Å²) in [6, 6.07) is 12.4. The zero-order valence-electron chi connectivity index (χ0n) is 12.6. The highest BCUT2D eigenvalue weighted by Gasteiger charge is 2.30. The molecule has 124 valence electrons. The summed E-state index contributed by atoms with van der Waals surface area (Å²) < 4.78 is 43.4. The van der Waals surface area contributed by atoms with Crippen molar-refractivity contribution in [2.75, 3.05) is 5.32 Å². The molecule has 4 nitrogen and oxygen atoms in total. The summed E-state index contributed by atoms with van der Waals surface area (Å²) in [6.07, 6.45) is -5.40. The van der Waals surface area contributed by atoms with Crippen LogP contribution in [-0.2, 0) is 11.0 Å². The van der Waals surface area contributed by atoms with Gasteiger partial charge in [0.1, 0.15) is 5.75 Å². The molecule has 0 aromatic heterocycles. The Morgan fingerprint density at radius 2 is 1.88 bits per heavy atom. The number of hydrogen-bond acceptors (Lipinski definition) is 3. The van der Waals surface area contributed by atoms with Crippen LogP contribution in [-0.4, -0.2) is 12.0 Å². The smallest absolute Gasteiger partial charge is 0.416 e. The van der Waals surface area contributed by atoms with Crippen LogP contribution >= 0.6 is 0 Å². The largest absolute Gasteiger partial charge is 0.481 e. The highest BCUT2D eigenvalue weighted by atomic mass is 19.4. The number of nitrogens with one attached hydrogen (secondary N) is 1. The molecule has 0 aliphatic carbocycles. The van der Waals surface area contributed by atoms with Crippen LogP contribution < -0.4 is 10.1 Å². The minimum Gasteiger partial charge on any atom is -0.481 e. The lowest BCUT2D eigenvalue weighted by Gasteiger charge is -2.15. The molecule has 2 rings (SSSR count). The lowest BCUT2D eigenvalue weighted by atomic mass is 10.2. The first-order chi connectivity index (χ1) is 11.3. The molecule has 0 saturated heterocycles. The third kappa shape index (κ3) is 4.49. The van der Waals surface area contributed by atoms with E-state index in [-0.39, 0.29) is 5.69 Å². The molecule has 0 aliphatic rings. The summed E-state index contributed by atoms with van der Waals surface area (Å²) in [5, 5.41) is 11.1. The second-order valence-corrected chi connectivity index (χ2v) is 4.96. The lowest BCUT2D eigenvalue weighted by molar-refractivity contribution is -0.137. The molecular weight excluding hydrogens is 321 g/mol. The molecule has 0 radical (unpaired) electrons. The monoisotopic (exact) mass is 334 g/mol. The topological polar surface area (TPSA) is 62.1 Å². The van der Waals surface area contributed by atoms with Crippen LogP contribution in [0.2, 0.25) is 0 Å². The Kier molecular flexibility index (Phi) is 5.09. The fourth-order valence-corrected chi connectivity index (χ4v) is 1.88. The zero-order valence-corrected chi connectivity index (χ0v) is 12.6. The fraction of sp³-hybridized carbons (Fsp3) is 0.176. The number of nitrogens with zero attached hydrogens (tertiary/aromatic N) is 1. The molecular formula is C17H13F3N2O2. The summed E-state index contributed by atoms with van der Waals surface area (Å²) in [6.45, 7) is 1.47. The Morgan fingerprint density at radius 3 is 2.46 bits per heavy atom. The summed E-state index contributed by atoms with van der Waals surface area (Å²) in [5.41, 5.74) is -0.366. The van der Waals surface area contributed by atoms with Crippen molar-refractivity contribution in [2.24, 2.45) is 0 Å². The van der Waals surface area contributed by atoms with Gasteiger partial charge in [-0.1, -0.05) is 6.07 Å². The van der Waals surface area contributed by atoms with Crippen LogP contribution in [0.3, 0.4) is 0 Å². The van der Waals surface area contributed by atoms with Crippen LogP contribution in [0, 0.1) is 11.3 Å². The molecule has 0 spiro atoms. The molecule has 0 heterocycles. The fourth-order valence-electron chi connectivity index (χ4n) is 1.88. The first-order valence-corrected chi connectivity index (χ1v) is 6.94. The maximum atomic E-state index is 12.7. The number of alkyl halides is 3.